The molecule has 4 nitrogen and oxygen atoms in total. The van der Waals surface area contributed by atoms with Crippen LogP contribution in [0.25, 0.3) is 0 Å². The largest absolute Gasteiger partial charge is 0.494 e. The van der Waals surface area contributed by atoms with Crippen molar-refractivity contribution in [3.05, 3.63) is 24.3 Å². The Morgan fingerprint density at radius 2 is 1.42 bits per heavy atom. The normalized spacial score (nSPS) is 31.9. The molecule has 2 aliphatic heterocycles. The van der Waals surface area contributed by atoms with Crippen LogP contribution in [0.5, 0.6) is 5.75 Å². The Hall–Kier alpha value is -1.04. The maximum Gasteiger partial charge on any atom is 0.494 e. The van der Waals surface area contributed by atoms with Crippen molar-refractivity contribution in [2.45, 2.75) is 83.9 Å². The Kier molecular flexibility index (Phi) is 4.71. The first kappa shape index (κ1) is 17.8. The van der Waals surface area contributed by atoms with Crippen LogP contribution in [0.15, 0.2) is 24.3 Å². The maximum atomic E-state index is 6.13. The van der Waals surface area contributed by atoms with Crippen molar-refractivity contribution in [2.75, 3.05) is 0 Å². The lowest BCUT2D eigenvalue weighted by Gasteiger charge is -2.32. The zero-order valence-electron chi connectivity index (χ0n) is 15.7. The van der Waals surface area contributed by atoms with Crippen molar-refractivity contribution in [1.82, 2.24) is 0 Å². The van der Waals surface area contributed by atoms with E-state index in [1.165, 1.54) is 0 Å². The molecule has 5 heteroatoms. The van der Waals surface area contributed by atoms with Crippen molar-refractivity contribution in [3.63, 3.8) is 0 Å². The summed E-state index contributed by atoms with van der Waals surface area (Å²) < 4.78 is 24.1. The molecule has 2 saturated heterocycles. The highest BCUT2D eigenvalue weighted by Gasteiger charge is 2.51. The van der Waals surface area contributed by atoms with Gasteiger partial charge >= 0.3 is 7.12 Å². The summed E-state index contributed by atoms with van der Waals surface area (Å²) in [6, 6.07) is 8.07. The van der Waals surface area contributed by atoms with E-state index in [9.17, 15) is 0 Å². The second-order valence-corrected chi connectivity index (χ2v) is 8.13. The molecule has 2 heterocycles. The Labute approximate surface area is 146 Å². The van der Waals surface area contributed by atoms with Crippen LogP contribution in [0.4, 0.5) is 0 Å². The first-order valence-corrected chi connectivity index (χ1v) is 8.94. The minimum Gasteiger partial charge on any atom is -0.490 e. The third-order valence-electron chi connectivity index (χ3n) is 5.36. The average Bonchev–Trinajstić information content (AvgIpc) is 2.67. The molecule has 3 rings (SSSR count). The van der Waals surface area contributed by atoms with Gasteiger partial charge in [0.15, 0.2) is 0 Å². The molecule has 2 fully saturated rings. The molecule has 24 heavy (non-hydrogen) atoms. The fourth-order valence-corrected chi connectivity index (χ4v) is 3.32. The van der Waals surface area contributed by atoms with Gasteiger partial charge in [-0.05, 0) is 59.1 Å². The van der Waals surface area contributed by atoms with Crippen LogP contribution < -0.4 is 10.2 Å². The number of rotatable bonds is 3. The van der Waals surface area contributed by atoms with Gasteiger partial charge in [-0.3, -0.25) is 0 Å². The molecule has 3 atom stereocenters. The van der Waals surface area contributed by atoms with Gasteiger partial charge in [0.2, 0.25) is 0 Å². The minimum atomic E-state index is -0.327. The van der Waals surface area contributed by atoms with Crippen LogP contribution >= 0.6 is 0 Å². The Balaban J connectivity index is 1.64. The molecule has 2 aliphatic rings. The van der Waals surface area contributed by atoms with Gasteiger partial charge in [-0.15, -0.1) is 0 Å². The van der Waals surface area contributed by atoms with E-state index in [1.54, 1.807) is 0 Å². The van der Waals surface area contributed by atoms with Gasteiger partial charge in [-0.25, -0.2) is 0 Å². The van der Waals surface area contributed by atoms with Gasteiger partial charge in [-0.1, -0.05) is 12.1 Å². The fraction of sp³-hybridized carbons (Fsp3) is 0.684. The Bertz CT molecular complexity index is 543. The number of benzene rings is 1. The van der Waals surface area contributed by atoms with E-state index < -0.39 is 0 Å². The van der Waals surface area contributed by atoms with Crippen molar-refractivity contribution in [2.24, 2.45) is 0 Å². The summed E-state index contributed by atoms with van der Waals surface area (Å²) in [5.41, 5.74) is 0.386. The topological polar surface area (TPSA) is 36.9 Å². The number of hydrogen-bond donors (Lipinski definition) is 0. The van der Waals surface area contributed by atoms with Gasteiger partial charge in [0.05, 0.1) is 23.4 Å². The SMILES string of the molecule is C[C@@H]1CC(Oc2ccc(B3OC(C)(C)C(C)(C)O3)cc2)C[C@H](C)O1. The second kappa shape index (κ2) is 6.36. The molecule has 1 aromatic rings. The van der Waals surface area contributed by atoms with E-state index in [0.717, 1.165) is 24.1 Å². The first-order chi connectivity index (χ1) is 11.2. The third kappa shape index (κ3) is 3.63. The highest BCUT2D eigenvalue weighted by atomic mass is 16.7. The second-order valence-electron chi connectivity index (χ2n) is 8.13. The highest BCUT2D eigenvalue weighted by molar-refractivity contribution is 6.62. The fourth-order valence-electron chi connectivity index (χ4n) is 3.32. The minimum absolute atomic E-state index is 0.214. The van der Waals surface area contributed by atoms with Crippen LogP contribution in [0.3, 0.4) is 0 Å². The van der Waals surface area contributed by atoms with Crippen LogP contribution in [-0.4, -0.2) is 36.6 Å². The lowest BCUT2D eigenvalue weighted by molar-refractivity contribution is -0.0721. The average molecular weight is 332 g/mol. The Morgan fingerprint density at radius 3 is 1.92 bits per heavy atom. The lowest BCUT2D eigenvalue weighted by atomic mass is 9.79. The van der Waals surface area contributed by atoms with Gasteiger partial charge in [0.1, 0.15) is 11.9 Å². The van der Waals surface area contributed by atoms with Gasteiger partial charge < -0.3 is 18.8 Å². The monoisotopic (exact) mass is 332 g/mol. The molecule has 0 amide bonds. The van der Waals surface area contributed by atoms with Crippen LogP contribution in [0.2, 0.25) is 0 Å². The summed E-state index contributed by atoms with van der Waals surface area (Å²) >= 11 is 0. The van der Waals surface area contributed by atoms with E-state index in [2.05, 4.69) is 41.5 Å². The summed E-state index contributed by atoms with van der Waals surface area (Å²) in [5, 5.41) is 0. The predicted molar refractivity (Wildman–Crippen MR) is 95.8 cm³/mol. The summed E-state index contributed by atoms with van der Waals surface area (Å²) in [6.07, 6.45) is 2.59. The van der Waals surface area contributed by atoms with Crippen molar-refractivity contribution >= 4 is 12.6 Å². The van der Waals surface area contributed by atoms with Crippen molar-refractivity contribution < 1.29 is 18.8 Å². The smallest absolute Gasteiger partial charge is 0.490 e. The standard InChI is InChI=1S/C19H29BO4/c1-13-11-17(12-14(2)21-13)22-16-9-7-15(8-10-16)20-23-18(3,4)19(5,6)24-20/h7-10,13-14,17H,11-12H2,1-6H3/t13-,14+,17?. The zero-order chi connectivity index (χ0) is 17.5. The van der Waals surface area contributed by atoms with Crippen molar-refractivity contribution in [3.8, 4) is 5.75 Å². The molecule has 1 unspecified atom stereocenters. The summed E-state index contributed by atoms with van der Waals surface area (Å²) in [7, 11) is -0.327. The molecule has 0 aliphatic carbocycles. The van der Waals surface area contributed by atoms with Crippen LogP contribution in [0.1, 0.15) is 54.4 Å². The Morgan fingerprint density at radius 1 is 0.917 bits per heavy atom. The molecule has 132 valence electrons. The molecule has 1 aromatic carbocycles. The number of hydrogen-bond acceptors (Lipinski definition) is 4. The van der Waals surface area contributed by atoms with Crippen LogP contribution in [0, 0.1) is 0 Å². The molecule has 0 spiro atoms. The molecule has 0 aromatic heterocycles. The lowest BCUT2D eigenvalue weighted by Crippen LogP contribution is -2.41. The predicted octanol–water partition coefficient (Wildman–Crippen LogP) is 3.32. The molecule has 0 N–H and O–H groups in total. The van der Waals surface area contributed by atoms with Gasteiger partial charge in [-0.2, -0.15) is 0 Å². The van der Waals surface area contributed by atoms with E-state index >= 15 is 0 Å². The van der Waals surface area contributed by atoms with Crippen molar-refractivity contribution in [1.29, 1.82) is 0 Å². The summed E-state index contributed by atoms with van der Waals surface area (Å²) in [5.74, 6) is 0.890. The van der Waals surface area contributed by atoms with Gasteiger partial charge in [0, 0.05) is 12.8 Å². The maximum absolute atomic E-state index is 6.13. The first-order valence-electron chi connectivity index (χ1n) is 8.94. The molecular weight excluding hydrogens is 303 g/mol. The summed E-state index contributed by atoms with van der Waals surface area (Å²) in [4.78, 5) is 0. The summed E-state index contributed by atoms with van der Waals surface area (Å²) in [6.45, 7) is 12.5. The van der Waals surface area contributed by atoms with E-state index in [0.29, 0.717) is 0 Å². The van der Waals surface area contributed by atoms with E-state index in [1.807, 2.05) is 24.3 Å². The third-order valence-corrected chi connectivity index (χ3v) is 5.36. The quantitative estimate of drug-likeness (QED) is 0.796. The van der Waals surface area contributed by atoms with Gasteiger partial charge in [0.25, 0.3) is 0 Å². The molecule has 0 bridgehead atoms. The van der Waals surface area contributed by atoms with Crippen LogP contribution in [-0.2, 0) is 14.0 Å². The molecule has 0 radical (unpaired) electrons. The zero-order valence-corrected chi connectivity index (χ0v) is 15.7. The molecular formula is C19H29BO4. The molecule has 0 saturated carbocycles. The van der Waals surface area contributed by atoms with E-state index in [4.69, 9.17) is 18.8 Å². The van der Waals surface area contributed by atoms with E-state index in [-0.39, 0.29) is 36.6 Å². The highest BCUT2D eigenvalue weighted by Crippen LogP contribution is 2.36. The number of ether oxygens (including phenoxy) is 2.